The zero-order chi connectivity index (χ0) is 17.0. The van der Waals surface area contributed by atoms with Gasteiger partial charge in [-0.25, -0.2) is 0 Å². The maximum Gasteiger partial charge on any atom is 0.249 e. The van der Waals surface area contributed by atoms with Crippen molar-refractivity contribution < 1.29 is 14.3 Å². The third-order valence-electron chi connectivity index (χ3n) is 4.46. The second-order valence-electron chi connectivity index (χ2n) is 7.35. The van der Waals surface area contributed by atoms with Crippen molar-refractivity contribution in [1.82, 2.24) is 5.32 Å². The number of carbonyl (C=O) groups is 2. The second-order valence-corrected chi connectivity index (χ2v) is 12.3. The maximum absolute atomic E-state index is 12.0. The first-order chi connectivity index (χ1) is 10.0. The lowest BCUT2D eigenvalue weighted by Gasteiger charge is -2.31. The first-order valence-electron chi connectivity index (χ1n) is 7.76. The van der Waals surface area contributed by atoms with Crippen LogP contribution in [-0.4, -0.2) is 38.6 Å². The Morgan fingerprint density at radius 2 is 2.05 bits per heavy atom. The van der Waals surface area contributed by atoms with E-state index in [2.05, 4.69) is 50.6 Å². The van der Waals surface area contributed by atoms with E-state index in [4.69, 9.17) is 10.5 Å². The minimum Gasteiger partial charge on any atom is -0.368 e. The number of primary amides is 1. The van der Waals surface area contributed by atoms with Crippen molar-refractivity contribution in [3.8, 4) is 11.5 Å². The van der Waals surface area contributed by atoms with Crippen LogP contribution < -0.4 is 11.1 Å². The van der Waals surface area contributed by atoms with E-state index in [0.29, 0.717) is 13.0 Å². The third kappa shape index (κ3) is 5.15. The van der Waals surface area contributed by atoms with E-state index in [9.17, 15) is 9.59 Å². The van der Waals surface area contributed by atoms with Crippen LogP contribution >= 0.6 is 0 Å². The van der Waals surface area contributed by atoms with E-state index in [1.54, 1.807) is 0 Å². The fourth-order valence-electron chi connectivity index (χ4n) is 1.83. The van der Waals surface area contributed by atoms with E-state index >= 15 is 0 Å². The summed E-state index contributed by atoms with van der Waals surface area (Å²) < 4.78 is 5.31. The number of hydrogen-bond acceptors (Lipinski definition) is 3. The van der Waals surface area contributed by atoms with Crippen LogP contribution in [0.1, 0.15) is 40.0 Å². The van der Waals surface area contributed by atoms with Crippen molar-refractivity contribution in [1.29, 1.82) is 0 Å². The molecule has 0 spiro atoms. The van der Waals surface area contributed by atoms with Gasteiger partial charge in [0.1, 0.15) is 20.2 Å². The van der Waals surface area contributed by atoms with Gasteiger partial charge in [0.2, 0.25) is 11.8 Å². The molecule has 1 aliphatic heterocycles. The van der Waals surface area contributed by atoms with Gasteiger partial charge in [0.15, 0.2) is 0 Å². The van der Waals surface area contributed by atoms with Crippen LogP contribution in [-0.2, 0) is 14.3 Å². The van der Waals surface area contributed by atoms with Gasteiger partial charge in [-0.05, 0) is 17.9 Å². The normalized spacial score (nSPS) is 20.0. The Morgan fingerprint density at radius 1 is 1.41 bits per heavy atom. The average Bonchev–Trinajstić information content (AvgIpc) is 2.89. The van der Waals surface area contributed by atoms with E-state index in [0.717, 1.165) is 6.42 Å². The van der Waals surface area contributed by atoms with E-state index in [1.165, 1.54) is 0 Å². The van der Waals surface area contributed by atoms with Crippen LogP contribution in [0.4, 0.5) is 0 Å². The summed E-state index contributed by atoms with van der Waals surface area (Å²) in [6, 6.07) is -0.756. The van der Waals surface area contributed by atoms with Gasteiger partial charge in [-0.2, -0.15) is 0 Å². The van der Waals surface area contributed by atoms with E-state index in [1.807, 2.05) is 0 Å². The summed E-state index contributed by atoms with van der Waals surface area (Å²) in [7, 11) is -1.72. The predicted molar refractivity (Wildman–Crippen MR) is 89.7 cm³/mol. The van der Waals surface area contributed by atoms with E-state index < -0.39 is 26.1 Å². The fraction of sp³-hybridized carbons (Fsp3) is 0.750. The van der Waals surface area contributed by atoms with Gasteiger partial charge in [-0.3, -0.25) is 9.59 Å². The fourth-order valence-corrected chi connectivity index (χ4v) is 2.75. The summed E-state index contributed by atoms with van der Waals surface area (Å²) in [5.74, 6) is 2.24. The molecule has 1 aliphatic rings. The summed E-state index contributed by atoms with van der Waals surface area (Å²) >= 11 is 0. The van der Waals surface area contributed by atoms with Crippen LogP contribution in [0.15, 0.2) is 0 Å². The highest BCUT2D eigenvalue weighted by atomic mass is 28.3. The Balaban J connectivity index is 2.66. The van der Waals surface area contributed by atoms with Crippen LogP contribution in [0.25, 0.3) is 0 Å². The summed E-state index contributed by atoms with van der Waals surface area (Å²) in [6.07, 6.45) is 1.34. The largest absolute Gasteiger partial charge is 0.368 e. The van der Waals surface area contributed by atoms with Crippen molar-refractivity contribution in [2.45, 2.75) is 70.3 Å². The molecular formula is C16H28N2O3Si. The molecule has 0 aromatic carbocycles. The molecule has 0 radical (unpaired) electrons. The lowest BCUT2D eigenvalue weighted by molar-refractivity contribution is -0.133. The highest BCUT2D eigenvalue weighted by Gasteiger charge is 2.33. The zero-order valence-corrected chi connectivity index (χ0v) is 15.3. The standard InChI is InChI=1S/C16H28N2O3Si/c1-16(2,3)22(4,5)11-7-8-12(14(17)19)18-15(20)13-9-6-10-21-13/h12-13H,6,8-10H2,1-5H3,(H2,17,19)(H,18,20)/t12-,13+/m1/s1. The Kier molecular flexibility index (Phi) is 6.21. The number of nitrogens with two attached hydrogens (primary N) is 1. The Labute approximate surface area is 134 Å². The molecule has 0 saturated carbocycles. The number of rotatable bonds is 4. The molecule has 3 N–H and O–H groups in total. The van der Waals surface area contributed by atoms with Crippen LogP contribution in [0, 0.1) is 11.5 Å². The molecule has 6 heteroatoms. The van der Waals surface area contributed by atoms with Gasteiger partial charge in [-0.1, -0.05) is 33.9 Å². The molecule has 0 bridgehead atoms. The van der Waals surface area contributed by atoms with Gasteiger partial charge < -0.3 is 15.8 Å². The lowest BCUT2D eigenvalue weighted by Crippen LogP contribution is -2.47. The first kappa shape index (κ1) is 18.7. The minimum absolute atomic E-state index is 0.156. The highest BCUT2D eigenvalue weighted by molar-refractivity contribution is 6.87. The van der Waals surface area contributed by atoms with Gasteiger partial charge in [0.25, 0.3) is 0 Å². The van der Waals surface area contributed by atoms with Gasteiger partial charge in [0.05, 0.1) is 0 Å². The average molecular weight is 324 g/mol. The van der Waals surface area contributed by atoms with Crippen molar-refractivity contribution >= 4 is 19.9 Å². The molecule has 0 aromatic rings. The monoisotopic (exact) mass is 324 g/mol. The molecule has 5 nitrogen and oxygen atoms in total. The van der Waals surface area contributed by atoms with Gasteiger partial charge in [0, 0.05) is 13.0 Å². The highest BCUT2D eigenvalue weighted by Crippen LogP contribution is 2.35. The minimum atomic E-state index is -1.72. The third-order valence-corrected chi connectivity index (χ3v) is 9.02. The quantitative estimate of drug-likeness (QED) is 0.608. The molecule has 2 amide bonds. The molecule has 1 heterocycles. The lowest BCUT2D eigenvalue weighted by atomic mass is 10.1. The SMILES string of the molecule is CC(C)(C)[Si](C)(C)C#CC[C@@H](NC(=O)[C@@H]1CCCO1)C(N)=O. The summed E-state index contributed by atoms with van der Waals surface area (Å²) in [4.78, 5) is 23.5. The smallest absolute Gasteiger partial charge is 0.249 e. The predicted octanol–water partition coefficient (Wildman–Crippen LogP) is 1.58. The number of hydrogen-bond donors (Lipinski definition) is 2. The van der Waals surface area contributed by atoms with Crippen molar-refractivity contribution in [2.75, 3.05) is 6.61 Å². The van der Waals surface area contributed by atoms with Crippen molar-refractivity contribution in [2.24, 2.45) is 5.73 Å². The molecule has 0 aliphatic carbocycles. The first-order valence-corrected chi connectivity index (χ1v) is 10.8. The van der Waals surface area contributed by atoms with Crippen LogP contribution in [0.2, 0.25) is 18.1 Å². The molecule has 1 saturated heterocycles. The zero-order valence-electron chi connectivity index (χ0n) is 14.3. The topological polar surface area (TPSA) is 81.4 Å². The molecule has 2 atom stereocenters. The summed E-state index contributed by atoms with van der Waals surface area (Å²) in [6.45, 7) is 11.5. The van der Waals surface area contributed by atoms with Gasteiger partial charge in [-0.15, -0.1) is 11.5 Å². The molecule has 1 rings (SSSR count). The van der Waals surface area contributed by atoms with Crippen LogP contribution in [0.3, 0.4) is 0 Å². The summed E-state index contributed by atoms with van der Waals surface area (Å²) in [5, 5.41) is 2.81. The number of amides is 2. The molecule has 124 valence electrons. The summed E-state index contributed by atoms with van der Waals surface area (Å²) in [5.41, 5.74) is 8.69. The van der Waals surface area contributed by atoms with Gasteiger partial charge >= 0.3 is 0 Å². The molecule has 0 aromatic heterocycles. The molecular weight excluding hydrogens is 296 g/mol. The van der Waals surface area contributed by atoms with Crippen molar-refractivity contribution in [3.63, 3.8) is 0 Å². The number of nitrogens with one attached hydrogen (secondary N) is 1. The molecule has 0 unspecified atom stereocenters. The Hall–Kier alpha value is -1.32. The van der Waals surface area contributed by atoms with E-state index in [-0.39, 0.29) is 17.4 Å². The van der Waals surface area contributed by atoms with Crippen molar-refractivity contribution in [3.05, 3.63) is 0 Å². The molecule has 22 heavy (non-hydrogen) atoms. The maximum atomic E-state index is 12.0. The molecule has 1 fully saturated rings. The number of carbonyl (C=O) groups excluding carboxylic acids is 2. The second kappa shape index (κ2) is 7.29. The number of ether oxygens (including phenoxy) is 1. The van der Waals surface area contributed by atoms with Crippen LogP contribution in [0.5, 0.6) is 0 Å². The Morgan fingerprint density at radius 3 is 2.50 bits per heavy atom. The Bertz CT molecular complexity index is 480.